The molecule has 142 valence electrons. The van der Waals surface area contributed by atoms with E-state index in [-0.39, 0.29) is 18.0 Å². The predicted octanol–water partition coefficient (Wildman–Crippen LogP) is 2.98. The van der Waals surface area contributed by atoms with Gasteiger partial charge < -0.3 is 9.80 Å². The van der Waals surface area contributed by atoms with E-state index in [9.17, 15) is 9.59 Å². The molecule has 3 heterocycles. The number of hydrogen-bond donors (Lipinski definition) is 1. The molecule has 8 heteroatoms. The van der Waals surface area contributed by atoms with E-state index >= 15 is 0 Å². The number of thiazole rings is 1. The molecule has 1 atom stereocenters. The SMILES string of the molecule is O=C(C1CCCN1C(=O)Nc1nc2c(s1)CCCCC2)N1CCSCC1. The molecule has 3 aliphatic rings. The first kappa shape index (κ1) is 18.1. The zero-order valence-corrected chi connectivity index (χ0v) is 16.7. The van der Waals surface area contributed by atoms with Gasteiger partial charge in [-0.3, -0.25) is 10.1 Å². The Morgan fingerprint density at radius 2 is 1.85 bits per heavy atom. The van der Waals surface area contributed by atoms with Gasteiger partial charge in [-0.25, -0.2) is 9.78 Å². The molecule has 2 saturated heterocycles. The van der Waals surface area contributed by atoms with Gasteiger partial charge in [0, 0.05) is 36.0 Å². The van der Waals surface area contributed by atoms with E-state index < -0.39 is 0 Å². The van der Waals surface area contributed by atoms with Crippen molar-refractivity contribution in [1.29, 1.82) is 0 Å². The molecule has 0 bridgehead atoms. The number of likely N-dealkylation sites (tertiary alicyclic amines) is 1. The highest BCUT2D eigenvalue weighted by Gasteiger charge is 2.37. The summed E-state index contributed by atoms with van der Waals surface area (Å²) < 4.78 is 0. The topological polar surface area (TPSA) is 65.5 Å². The number of anilines is 1. The fourth-order valence-electron chi connectivity index (χ4n) is 4.01. The summed E-state index contributed by atoms with van der Waals surface area (Å²) >= 11 is 3.49. The second-order valence-electron chi connectivity index (χ2n) is 7.17. The molecule has 26 heavy (non-hydrogen) atoms. The summed E-state index contributed by atoms with van der Waals surface area (Å²) in [6, 6.07) is -0.480. The van der Waals surface area contributed by atoms with Gasteiger partial charge in [-0.15, -0.1) is 11.3 Å². The van der Waals surface area contributed by atoms with Crippen molar-refractivity contribution in [3.8, 4) is 0 Å². The van der Waals surface area contributed by atoms with E-state index in [4.69, 9.17) is 0 Å². The van der Waals surface area contributed by atoms with Crippen LogP contribution in [-0.4, -0.2) is 63.9 Å². The lowest BCUT2D eigenvalue weighted by Crippen LogP contribution is -2.51. The van der Waals surface area contributed by atoms with Crippen LogP contribution < -0.4 is 5.32 Å². The van der Waals surface area contributed by atoms with Crippen LogP contribution in [0.25, 0.3) is 0 Å². The van der Waals surface area contributed by atoms with Gasteiger partial charge in [0.05, 0.1) is 5.69 Å². The van der Waals surface area contributed by atoms with E-state index in [1.807, 2.05) is 16.7 Å². The van der Waals surface area contributed by atoms with Gasteiger partial charge >= 0.3 is 6.03 Å². The minimum atomic E-state index is -0.309. The van der Waals surface area contributed by atoms with Crippen LogP contribution >= 0.6 is 23.1 Å². The number of carbonyl (C=O) groups excluding carboxylic acids is 2. The normalized spacial score (nSPS) is 23.5. The van der Waals surface area contributed by atoms with Crippen LogP contribution in [0, 0.1) is 0 Å². The van der Waals surface area contributed by atoms with Crippen LogP contribution in [0.2, 0.25) is 0 Å². The maximum Gasteiger partial charge on any atom is 0.324 e. The molecule has 0 saturated carbocycles. The predicted molar refractivity (Wildman–Crippen MR) is 106 cm³/mol. The minimum Gasteiger partial charge on any atom is -0.339 e. The van der Waals surface area contributed by atoms with Crippen LogP contribution in [0.1, 0.15) is 42.7 Å². The standard InChI is InChI=1S/C18H26N4O2S2/c23-16(21-9-11-25-12-10-21)14-6-4-8-22(14)18(24)20-17-19-13-5-2-1-3-7-15(13)26-17/h14H,1-12H2,(H,19,20,24). The largest absolute Gasteiger partial charge is 0.339 e. The summed E-state index contributed by atoms with van der Waals surface area (Å²) in [6.07, 6.45) is 7.39. The van der Waals surface area contributed by atoms with Crippen LogP contribution in [0.15, 0.2) is 0 Å². The molecule has 1 aromatic rings. The van der Waals surface area contributed by atoms with Crippen molar-refractivity contribution in [3.63, 3.8) is 0 Å². The number of hydrogen-bond acceptors (Lipinski definition) is 5. The molecule has 2 fully saturated rings. The highest BCUT2D eigenvalue weighted by atomic mass is 32.2. The van der Waals surface area contributed by atoms with Gasteiger partial charge in [0.15, 0.2) is 5.13 Å². The van der Waals surface area contributed by atoms with E-state index in [0.717, 1.165) is 56.0 Å². The first-order valence-electron chi connectivity index (χ1n) is 9.65. The van der Waals surface area contributed by atoms with Gasteiger partial charge in [0.2, 0.25) is 5.91 Å². The molecular formula is C18H26N4O2S2. The summed E-state index contributed by atoms with van der Waals surface area (Å²) in [6.45, 7) is 2.25. The summed E-state index contributed by atoms with van der Waals surface area (Å²) in [5.41, 5.74) is 1.16. The Morgan fingerprint density at radius 3 is 2.69 bits per heavy atom. The third-order valence-corrected chi connectivity index (χ3v) is 7.45. The number of thioether (sulfide) groups is 1. The third kappa shape index (κ3) is 3.86. The quantitative estimate of drug-likeness (QED) is 0.783. The number of nitrogens with zero attached hydrogens (tertiary/aromatic N) is 3. The Hall–Kier alpha value is -1.28. The number of aromatic nitrogens is 1. The molecule has 2 aliphatic heterocycles. The van der Waals surface area contributed by atoms with Gasteiger partial charge in [-0.1, -0.05) is 6.42 Å². The van der Waals surface area contributed by atoms with Crippen molar-refractivity contribution in [2.45, 2.75) is 51.0 Å². The van der Waals surface area contributed by atoms with Gasteiger partial charge in [-0.2, -0.15) is 11.8 Å². The maximum absolute atomic E-state index is 12.8. The molecule has 3 amide bonds. The van der Waals surface area contributed by atoms with Crippen molar-refractivity contribution in [1.82, 2.24) is 14.8 Å². The first-order valence-corrected chi connectivity index (χ1v) is 11.6. The van der Waals surface area contributed by atoms with Crippen LogP contribution in [0.5, 0.6) is 0 Å². The molecule has 0 radical (unpaired) electrons. The van der Waals surface area contributed by atoms with Crippen molar-refractivity contribution >= 4 is 40.2 Å². The zero-order chi connectivity index (χ0) is 17.9. The molecule has 0 spiro atoms. The van der Waals surface area contributed by atoms with Crippen LogP contribution in [0.3, 0.4) is 0 Å². The fraction of sp³-hybridized carbons (Fsp3) is 0.722. The van der Waals surface area contributed by atoms with Crippen molar-refractivity contribution in [2.75, 3.05) is 36.5 Å². The summed E-state index contributed by atoms with van der Waals surface area (Å²) in [5.74, 6) is 2.11. The van der Waals surface area contributed by atoms with Gasteiger partial charge in [-0.05, 0) is 38.5 Å². The smallest absolute Gasteiger partial charge is 0.324 e. The summed E-state index contributed by atoms with van der Waals surface area (Å²) in [5, 5.41) is 3.66. The summed E-state index contributed by atoms with van der Waals surface area (Å²) in [7, 11) is 0. The molecule has 1 unspecified atom stereocenters. The second-order valence-corrected chi connectivity index (χ2v) is 9.48. The lowest BCUT2D eigenvalue weighted by molar-refractivity contribution is -0.134. The van der Waals surface area contributed by atoms with Gasteiger partial charge in [0.25, 0.3) is 0 Å². The monoisotopic (exact) mass is 394 g/mol. The Bertz CT molecular complexity index is 649. The molecule has 1 N–H and O–H groups in total. The van der Waals surface area contributed by atoms with Crippen molar-refractivity contribution in [2.24, 2.45) is 0 Å². The highest BCUT2D eigenvalue weighted by molar-refractivity contribution is 7.99. The first-order chi connectivity index (χ1) is 12.7. The Balaban J connectivity index is 1.41. The fourth-order valence-corrected chi connectivity index (χ4v) is 5.95. The Morgan fingerprint density at radius 1 is 1.04 bits per heavy atom. The second kappa shape index (κ2) is 8.17. The van der Waals surface area contributed by atoms with Crippen molar-refractivity contribution in [3.05, 3.63) is 10.6 Å². The maximum atomic E-state index is 12.8. The number of aryl methyl sites for hydroxylation is 2. The van der Waals surface area contributed by atoms with E-state index in [0.29, 0.717) is 11.7 Å². The number of fused-ring (bicyclic) bond motifs is 1. The lowest BCUT2D eigenvalue weighted by atomic mass is 10.2. The molecule has 6 nitrogen and oxygen atoms in total. The third-order valence-electron chi connectivity index (χ3n) is 5.43. The number of rotatable bonds is 2. The summed E-state index contributed by atoms with van der Waals surface area (Å²) in [4.78, 5) is 35.3. The van der Waals surface area contributed by atoms with Crippen LogP contribution in [0.4, 0.5) is 9.93 Å². The number of urea groups is 1. The van der Waals surface area contributed by atoms with Crippen LogP contribution in [-0.2, 0) is 17.6 Å². The van der Waals surface area contributed by atoms with E-state index in [2.05, 4.69) is 10.3 Å². The Labute approximate surface area is 162 Å². The number of amides is 3. The van der Waals surface area contributed by atoms with E-state index in [1.165, 1.54) is 24.1 Å². The van der Waals surface area contributed by atoms with E-state index in [1.54, 1.807) is 16.2 Å². The van der Waals surface area contributed by atoms with Gasteiger partial charge in [0.1, 0.15) is 6.04 Å². The highest BCUT2D eigenvalue weighted by Crippen LogP contribution is 2.30. The van der Waals surface area contributed by atoms with Crippen molar-refractivity contribution < 1.29 is 9.59 Å². The molecule has 1 aliphatic carbocycles. The molecule has 0 aromatic carbocycles. The average Bonchev–Trinajstić information content (AvgIpc) is 3.24. The lowest BCUT2D eigenvalue weighted by Gasteiger charge is -2.32. The molecule has 1 aromatic heterocycles. The number of carbonyl (C=O) groups is 2. The minimum absolute atomic E-state index is 0.118. The number of nitrogens with one attached hydrogen (secondary N) is 1. The zero-order valence-electron chi connectivity index (χ0n) is 15.0. The molecule has 4 rings (SSSR count). The average molecular weight is 395 g/mol. The Kier molecular flexibility index (Phi) is 5.69. The molecular weight excluding hydrogens is 368 g/mol.